The standard InChI is InChI=1S/C20H24Si.C15H24Si.C14H30Si.C14H30.C11H24.C10H22Si.C6H18Si2/c1-20(14-8-3-9-15-20)21(2)18-12-6-4-10-16(18)17-11-5-7-13-19(17)21;1-15(12-8-5-9-13-15)16(2,3)14-10-6-4-7-11-14;1-12(2)15(6,13(3)4)14(5)10-8-7-9-11-14;1-11(2)9-14(8,10-12(3)4)13(5,6)7;1-9(2)8-11(6,7)10(3,4)5;1-10(11(2,3)4)8-6-5-7-9-10;1-7(2,3)8(4,5)6/h4-7,10-13H,3,8-9,14-15H2,1-2H3;4,6-7,10-11H,5,8-9,12-13H2,1-3H3;12-13H,7-11H2,1-6H3;11-12H,9-10H2,1-8H3;9H,8H2,1-7H3;5-9H2,1-4H3;1-6H3. The second-order valence-corrected chi connectivity index (χ2v) is 82.1. The van der Waals surface area contributed by atoms with E-state index in [2.05, 4.69) is 323 Å². The average molecular weight is 1420 g/mol. The van der Waals surface area contributed by atoms with Crippen LogP contribution >= 0.6 is 0 Å². The number of hydrogen-bond acceptors (Lipinski definition) is 0. The summed E-state index contributed by atoms with van der Waals surface area (Å²) < 4.78 is 0. The molecule has 4 fully saturated rings. The summed E-state index contributed by atoms with van der Waals surface area (Å²) in [4.78, 5) is 0. The fourth-order valence-corrected chi connectivity index (χ4v) is 34.0. The van der Waals surface area contributed by atoms with Gasteiger partial charge in [-0.3, -0.25) is 0 Å². The van der Waals surface area contributed by atoms with E-state index in [0.717, 1.165) is 33.9 Å². The summed E-state index contributed by atoms with van der Waals surface area (Å²) >= 11 is 0. The molecular formula is C90H172Si6. The van der Waals surface area contributed by atoms with Crippen molar-refractivity contribution in [2.45, 2.75) is 423 Å². The van der Waals surface area contributed by atoms with Crippen LogP contribution in [0.5, 0.6) is 0 Å². The maximum absolute atomic E-state index is 2.67. The first-order valence-electron chi connectivity index (χ1n) is 40.8. The minimum atomic E-state index is -1.65. The molecule has 0 spiro atoms. The van der Waals surface area contributed by atoms with Gasteiger partial charge in [0, 0.05) is 15.2 Å². The van der Waals surface area contributed by atoms with Crippen LogP contribution in [0.4, 0.5) is 0 Å². The van der Waals surface area contributed by atoms with Gasteiger partial charge in [-0.25, -0.2) is 0 Å². The Bertz CT molecular complexity index is 2570. The molecule has 8 rings (SSSR count). The molecule has 0 aromatic heterocycles. The molecule has 5 aliphatic rings. The van der Waals surface area contributed by atoms with Crippen molar-refractivity contribution in [1.29, 1.82) is 0 Å². The summed E-state index contributed by atoms with van der Waals surface area (Å²) in [5.41, 5.74) is 6.69. The lowest BCUT2D eigenvalue weighted by Crippen LogP contribution is -2.61. The normalized spacial score (nSPS) is 19.4. The summed E-state index contributed by atoms with van der Waals surface area (Å²) in [7, 11) is -6.40. The van der Waals surface area contributed by atoms with E-state index in [1.807, 2.05) is 0 Å². The quantitative estimate of drug-likeness (QED) is 0.141. The molecule has 6 heteroatoms. The molecule has 96 heavy (non-hydrogen) atoms. The van der Waals surface area contributed by atoms with Crippen LogP contribution in [0.25, 0.3) is 11.1 Å². The third kappa shape index (κ3) is 24.0. The Morgan fingerprint density at radius 1 is 0.365 bits per heavy atom. The maximum atomic E-state index is 2.67. The highest BCUT2D eigenvalue weighted by Gasteiger charge is 2.54. The van der Waals surface area contributed by atoms with E-state index in [4.69, 9.17) is 0 Å². The van der Waals surface area contributed by atoms with Crippen molar-refractivity contribution in [3.8, 4) is 11.1 Å². The molecule has 0 N–H and O–H groups in total. The third-order valence-electron chi connectivity index (χ3n) is 29.5. The number of rotatable bonds is 14. The predicted octanol–water partition coefficient (Wildman–Crippen LogP) is 30.5. The Labute approximate surface area is 611 Å². The van der Waals surface area contributed by atoms with E-state index in [1.54, 1.807) is 15.6 Å². The van der Waals surface area contributed by atoms with E-state index in [1.165, 1.54) is 159 Å². The lowest BCUT2D eigenvalue weighted by atomic mass is 9.61. The van der Waals surface area contributed by atoms with Crippen LogP contribution in [0.2, 0.25) is 116 Å². The Kier molecular flexibility index (Phi) is 34.7. The molecule has 1 heterocycles. The zero-order valence-corrected chi connectivity index (χ0v) is 78.2. The van der Waals surface area contributed by atoms with Gasteiger partial charge in [-0.15, -0.1) is 0 Å². The van der Waals surface area contributed by atoms with Crippen molar-refractivity contribution in [3.63, 3.8) is 0 Å². The van der Waals surface area contributed by atoms with Gasteiger partial charge in [0.05, 0.1) is 24.2 Å². The van der Waals surface area contributed by atoms with Gasteiger partial charge in [0.25, 0.3) is 0 Å². The van der Waals surface area contributed by atoms with Crippen LogP contribution < -0.4 is 15.6 Å². The predicted molar refractivity (Wildman–Crippen MR) is 463 cm³/mol. The smallest absolute Gasteiger partial charge is 0.0715 e. The molecule has 4 saturated carbocycles. The fraction of sp³-hybridized carbons (Fsp3) is 0.800. The summed E-state index contributed by atoms with van der Waals surface area (Å²) in [6, 6.07) is 29.7. The van der Waals surface area contributed by atoms with Crippen molar-refractivity contribution >= 4 is 63.0 Å². The van der Waals surface area contributed by atoms with Gasteiger partial charge in [0.1, 0.15) is 8.07 Å². The van der Waals surface area contributed by atoms with E-state index < -0.39 is 47.5 Å². The third-order valence-corrected chi connectivity index (χ3v) is 70.8. The molecule has 0 saturated heterocycles. The van der Waals surface area contributed by atoms with Crippen LogP contribution in [0.15, 0.2) is 78.9 Å². The van der Waals surface area contributed by atoms with E-state index in [-0.39, 0.29) is 0 Å². The van der Waals surface area contributed by atoms with Gasteiger partial charge in [-0.2, -0.15) is 0 Å². The molecule has 0 atom stereocenters. The zero-order valence-electron chi connectivity index (χ0n) is 72.2. The second-order valence-electron chi connectivity index (χ2n) is 42.8. The summed E-state index contributed by atoms with van der Waals surface area (Å²) in [5, 5.41) is 7.63. The zero-order chi connectivity index (χ0) is 74.2. The highest BCUT2D eigenvalue weighted by molar-refractivity contribution is 7.39. The van der Waals surface area contributed by atoms with Crippen LogP contribution in [0.1, 0.15) is 307 Å². The second kappa shape index (κ2) is 36.6. The van der Waals surface area contributed by atoms with Gasteiger partial charge < -0.3 is 0 Å². The Morgan fingerprint density at radius 2 is 0.667 bits per heavy atom. The van der Waals surface area contributed by atoms with E-state index in [0.29, 0.717) is 36.8 Å². The SMILES string of the molecule is CC(C)CC(C)(C)C(C)(C)C.CC(C)CC(C)(CC(C)C)C(C)(C)C.CC(C)[Si](C)(C(C)C)C1(C)CCCCC1.CC1([Si](C)(C)C)CCCCC1.CC1([Si](C)(C)c2ccccc2)CCCCC1.CC1([Si]2(C)c3ccccc3-c3ccccc32)CCCCC1.C[Si](C)(C)[Si](C)(C)C. The first-order chi connectivity index (χ1) is 43.5. The number of hydrogen-bond donors (Lipinski definition) is 0. The molecule has 3 aromatic rings. The van der Waals surface area contributed by atoms with Crippen LogP contribution in [0.3, 0.4) is 0 Å². The molecule has 0 unspecified atom stereocenters. The average Bonchev–Trinajstić information content (AvgIpc) is 1.54. The van der Waals surface area contributed by atoms with Crippen molar-refractivity contribution in [1.82, 2.24) is 0 Å². The van der Waals surface area contributed by atoms with Gasteiger partial charge in [0.2, 0.25) is 0 Å². The summed E-state index contributed by atoms with van der Waals surface area (Å²) in [6.07, 6.45) is 33.3. The van der Waals surface area contributed by atoms with E-state index in [9.17, 15) is 0 Å². The summed E-state index contributed by atoms with van der Waals surface area (Å²) in [6.45, 7) is 88.3. The largest absolute Gasteiger partial charge is 0.122 e. The van der Waals surface area contributed by atoms with Crippen molar-refractivity contribution in [3.05, 3.63) is 78.9 Å². The molecule has 3 aromatic carbocycles. The lowest BCUT2D eigenvalue weighted by Gasteiger charge is -2.53. The molecule has 1 aliphatic heterocycles. The van der Waals surface area contributed by atoms with Crippen molar-refractivity contribution < 1.29 is 0 Å². The molecule has 0 amide bonds. The molecule has 0 radical (unpaired) electrons. The van der Waals surface area contributed by atoms with Crippen molar-refractivity contribution in [2.75, 3.05) is 0 Å². The van der Waals surface area contributed by atoms with Crippen molar-refractivity contribution in [2.24, 2.45) is 39.4 Å². The topological polar surface area (TPSA) is 0 Å². The Balaban J connectivity index is 0.000000389. The van der Waals surface area contributed by atoms with Crippen LogP contribution in [0, 0.1) is 39.4 Å². The molecular weight excluding hydrogens is 1250 g/mol. The van der Waals surface area contributed by atoms with Crippen LogP contribution in [-0.2, 0) is 0 Å². The molecule has 556 valence electrons. The van der Waals surface area contributed by atoms with Gasteiger partial charge >= 0.3 is 0 Å². The minimum Gasteiger partial charge on any atom is -0.0715 e. The van der Waals surface area contributed by atoms with Gasteiger partial charge in [-0.1, -0.05) is 442 Å². The number of fused-ring (bicyclic) bond motifs is 3. The first kappa shape index (κ1) is 91.0. The highest BCUT2D eigenvalue weighted by atomic mass is 29.3. The highest BCUT2D eigenvalue weighted by Crippen LogP contribution is 2.59. The Hall–Kier alpha value is -1.04. The number of benzene rings is 3. The monoisotopic (exact) mass is 1420 g/mol. The van der Waals surface area contributed by atoms with Gasteiger partial charge in [0.15, 0.2) is 0 Å². The summed E-state index contributed by atoms with van der Waals surface area (Å²) in [5.74, 6) is 2.42. The molecule has 0 nitrogen and oxygen atoms in total. The van der Waals surface area contributed by atoms with Gasteiger partial charge in [-0.05, 0) is 126 Å². The van der Waals surface area contributed by atoms with Crippen LogP contribution in [-0.4, -0.2) is 47.5 Å². The molecule has 4 aliphatic carbocycles. The minimum absolute atomic E-state index is 0.418. The van der Waals surface area contributed by atoms with E-state index >= 15 is 0 Å². The fourth-order valence-electron chi connectivity index (χ4n) is 17.9. The Morgan fingerprint density at radius 3 is 0.938 bits per heavy atom. The lowest BCUT2D eigenvalue weighted by molar-refractivity contribution is 0.0550. The molecule has 0 bridgehead atoms. The first-order valence-corrected chi connectivity index (χ1v) is 60.4. The maximum Gasteiger partial charge on any atom is 0.122 e.